The Labute approximate surface area is 179 Å². The van der Waals surface area contributed by atoms with E-state index in [2.05, 4.69) is 81.9 Å². The molecule has 0 aliphatic carbocycles. The van der Waals surface area contributed by atoms with E-state index in [9.17, 15) is 0 Å². The van der Waals surface area contributed by atoms with Gasteiger partial charge in [-0.1, -0.05) is 6.07 Å². The van der Waals surface area contributed by atoms with Crippen LogP contribution in [0.5, 0.6) is 11.5 Å². The molecule has 28 heavy (non-hydrogen) atoms. The Kier molecular flexibility index (Phi) is 6.61. The minimum absolute atomic E-state index is 0.604. The lowest BCUT2D eigenvalue weighted by Crippen LogP contribution is -2.06. The molecule has 0 atom stereocenters. The Balaban J connectivity index is 1.70. The fourth-order valence-corrected chi connectivity index (χ4v) is 3.51. The van der Waals surface area contributed by atoms with Gasteiger partial charge >= 0.3 is 0 Å². The van der Waals surface area contributed by atoms with Crippen molar-refractivity contribution in [1.82, 2.24) is 9.99 Å². The largest absolute Gasteiger partial charge is 0.493 e. The SMILES string of the molecule is COc1ccc(CN/N=C/c2cc(C)n(-c3ccc(I)cc3)c2C)cc1OC. The van der Waals surface area contributed by atoms with Gasteiger partial charge in [0.25, 0.3) is 0 Å². The van der Waals surface area contributed by atoms with E-state index in [1.807, 2.05) is 24.4 Å². The van der Waals surface area contributed by atoms with Crippen molar-refractivity contribution in [3.63, 3.8) is 0 Å². The van der Waals surface area contributed by atoms with Crippen LogP contribution in [0.1, 0.15) is 22.5 Å². The third-order valence-corrected chi connectivity index (χ3v) is 5.30. The Bertz CT molecular complexity index is 978. The van der Waals surface area contributed by atoms with Gasteiger partial charge in [0.15, 0.2) is 11.5 Å². The number of aryl methyl sites for hydroxylation is 1. The first-order chi connectivity index (χ1) is 13.5. The summed E-state index contributed by atoms with van der Waals surface area (Å²) in [6, 6.07) is 16.5. The molecule has 146 valence electrons. The molecule has 0 saturated heterocycles. The van der Waals surface area contributed by atoms with Crippen LogP contribution in [-0.4, -0.2) is 25.0 Å². The molecule has 0 aliphatic rings. The van der Waals surface area contributed by atoms with E-state index >= 15 is 0 Å². The van der Waals surface area contributed by atoms with E-state index in [0.717, 1.165) is 28.3 Å². The third-order valence-electron chi connectivity index (χ3n) is 4.58. The van der Waals surface area contributed by atoms with Gasteiger partial charge in [0, 0.05) is 26.2 Å². The maximum atomic E-state index is 5.34. The summed E-state index contributed by atoms with van der Waals surface area (Å²) in [6.07, 6.45) is 1.87. The van der Waals surface area contributed by atoms with Crippen molar-refractivity contribution in [1.29, 1.82) is 0 Å². The predicted molar refractivity (Wildman–Crippen MR) is 122 cm³/mol. The topological polar surface area (TPSA) is 47.8 Å². The van der Waals surface area contributed by atoms with Crippen molar-refractivity contribution < 1.29 is 9.47 Å². The van der Waals surface area contributed by atoms with Crippen molar-refractivity contribution in [3.05, 3.63) is 74.6 Å². The smallest absolute Gasteiger partial charge is 0.161 e. The zero-order chi connectivity index (χ0) is 20.1. The van der Waals surface area contributed by atoms with Gasteiger partial charge in [-0.2, -0.15) is 5.10 Å². The molecule has 6 heteroatoms. The molecular formula is C22H24IN3O2. The Morgan fingerprint density at radius 2 is 1.71 bits per heavy atom. The lowest BCUT2D eigenvalue weighted by atomic mass is 10.2. The minimum Gasteiger partial charge on any atom is -0.493 e. The highest BCUT2D eigenvalue weighted by atomic mass is 127. The van der Waals surface area contributed by atoms with Gasteiger partial charge in [0.05, 0.1) is 27.0 Å². The molecule has 0 bridgehead atoms. The second-order valence-corrected chi connectivity index (χ2v) is 7.67. The average Bonchev–Trinajstić information content (AvgIpc) is 2.99. The average molecular weight is 489 g/mol. The number of benzene rings is 2. The van der Waals surface area contributed by atoms with Crippen molar-refractivity contribution in [3.8, 4) is 17.2 Å². The quantitative estimate of drug-likeness (QED) is 0.294. The molecule has 2 aromatic carbocycles. The van der Waals surface area contributed by atoms with E-state index in [-0.39, 0.29) is 0 Å². The number of aromatic nitrogens is 1. The summed E-state index contributed by atoms with van der Waals surface area (Å²) in [5.74, 6) is 1.43. The molecule has 1 aromatic heterocycles. The molecule has 1 heterocycles. The molecule has 0 aliphatic heterocycles. The molecule has 3 aromatic rings. The highest BCUT2D eigenvalue weighted by Gasteiger charge is 2.09. The Hall–Kier alpha value is -2.48. The number of hydrazone groups is 1. The zero-order valence-electron chi connectivity index (χ0n) is 16.5. The number of halogens is 1. The van der Waals surface area contributed by atoms with E-state index in [1.54, 1.807) is 14.2 Å². The number of rotatable bonds is 7. The first kappa shape index (κ1) is 20.3. The standard InChI is InChI=1S/C22H24IN3O2/c1-15-11-18(16(2)26(15)20-8-6-19(23)7-9-20)14-25-24-13-17-5-10-21(27-3)22(12-17)28-4/h5-12,14,24H,13H2,1-4H3/b25-14+. The Morgan fingerprint density at radius 1 is 1.00 bits per heavy atom. The second kappa shape index (κ2) is 9.14. The highest BCUT2D eigenvalue weighted by Crippen LogP contribution is 2.27. The van der Waals surface area contributed by atoms with E-state index in [1.165, 1.54) is 9.26 Å². The molecule has 0 amide bonds. The summed E-state index contributed by atoms with van der Waals surface area (Å²) >= 11 is 2.32. The van der Waals surface area contributed by atoms with Gasteiger partial charge in [-0.05, 0) is 84.5 Å². The van der Waals surface area contributed by atoms with Crippen LogP contribution in [0.3, 0.4) is 0 Å². The minimum atomic E-state index is 0.604. The van der Waals surface area contributed by atoms with Crippen molar-refractivity contribution in [2.75, 3.05) is 14.2 Å². The molecular weight excluding hydrogens is 465 g/mol. The molecule has 1 N–H and O–H groups in total. The second-order valence-electron chi connectivity index (χ2n) is 6.42. The summed E-state index contributed by atoms with van der Waals surface area (Å²) in [6.45, 7) is 4.83. The summed E-state index contributed by atoms with van der Waals surface area (Å²) in [5.41, 5.74) is 8.77. The lowest BCUT2D eigenvalue weighted by Gasteiger charge is -2.10. The lowest BCUT2D eigenvalue weighted by molar-refractivity contribution is 0.354. The number of ether oxygens (including phenoxy) is 2. The maximum absolute atomic E-state index is 5.34. The van der Waals surface area contributed by atoms with Gasteiger partial charge in [-0.15, -0.1) is 0 Å². The van der Waals surface area contributed by atoms with Crippen molar-refractivity contribution in [2.45, 2.75) is 20.4 Å². The van der Waals surface area contributed by atoms with Gasteiger partial charge in [-0.3, -0.25) is 0 Å². The first-order valence-electron chi connectivity index (χ1n) is 8.95. The number of hydrogen-bond donors (Lipinski definition) is 1. The van der Waals surface area contributed by atoms with Crippen LogP contribution in [-0.2, 0) is 6.54 Å². The van der Waals surface area contributed by atoms with Gasteiger partial charge in [-0.25, -0.2) is 0 Å². The van der Waals surface area contributed by atoms with E-state index in [4.69, 9.17) is 9.47 Å². The van der Waals surface area contributed by atoms with Crippen LogP contribution in [0.2, 0.25) is 0 Å². The van der Waals surface area contributed by atoms with E-state index in [0.29, 0.717) is 12.3 Å². The molecule has 5 nitrogen and oxygen atoms in total. The molecule has 0 radical (unpaired) electrons. The summed E-state index contributed by atoms with van der Waals surface area (Å²) in [4.78, 5) is 0. The maximum Gasteiger partial charge on any atom is 0.161 e. The molecule has 0 spiro atoms. The fourth-order valence-electron chi connectivity index (χ4n) is 3.15. The van der Waals surface area contributed by atoms with Crippen LogP contribution in [0.4, 0.5) is 0 Å². The van der Waals surface area contributed by atoms with Crippen molar-refractivity contribution >= 4 is 28.8 Å². The van der Waals surface area contributed by atoms with Crippen LogP contribution in [0.25, 0.3) is 5.69 Å². The van der Waals surface area contributed by atoms with Gasteiger partial charge in [0.2, 0.25) is 0 Å². The summed E-state index contributed by atoms with van der Waals surface area (Å²) in [5, 5.41) is 4.40. The monoisotopic (exact) mass is 489 g/mol. The summed E-state index contributed by atoms with van der Waals surface area (Å²) < 4.78 is 14.1. The molecule has 0 unspecified atom stereocenters. The summed E-state index contributed by atoms with van der Waals surface area (Å²) in [7, 11) is 3.27. The first-order valence-corrected chi connectivity index (χ1v) is 10.0. The van der Waals surface area contributed by atoms with Gasteiger partial charge < -0.3 is 19.5 Å². The zero-order valence-corrected chi connectivity index (χ0v) is 18.6. The van der Waals surface area contributed by atoms with Crippen LogP contribution < -0.4 is 14.9 Å². The van der Waals surface area contributed by atoms with Crippen molar-refractivity contribution in [2.24, 2.45) is 5.10 Å². The van der Waals surface area contributed by atoms with E-state index < -0.39 is 0 Å². The highest BCUT2D eigenvalue weighted by molar-refractivity contribution is 14.1. The van der Waals surface area contributed by atoms with Crippen LogP contribution in [0.15, 0.2) is 53.6 Å². The number of nitrogens with zero attached hydrogens (tertiary/aromatic N) is 2. The fraction of sp³-hybridized carbons (Fsp3) is 0.227. The normalized spacial score (nSPS) is 11.0. The third kappa shape index (κ3) is 4.49. The predicted octanol–water partition coefficient (Wildman–Crippen LogP) is 4.84. The van der Waals surface area contributed by atoms with Crippen LogP contribution >= 0.6 is 22.6 Å². The number of nitrogens with one attached hydrogen (secondary N) is 1. The molecule has 0 saturated carbocycles. The Morgan fingerprint density at radius 3 is 2.39 bits per heavy atom. The van der Waals surface area contributed by atoms with Gasteiger partial charge in [0.1, 0.15) is 0 Å². The van der Waals surface area contributed by atoms with Crippen LogP contribution in [0, 0.1) is 17.4 Å². The molecule has 3 rings (SSSR count). The number of methoxy groups -OCH3 is 2. The number of hydrogen-bond acceptors (Lipinski definition) is 4. The molecule has 0 fully saturated rings.